The molecule has 13 heteroatoms. The van der Waals surface area contributed by atoms with Crippen molar-refractivity contribution >= 4 is 29.2 Å². The van der Waals surface area contributed by atoms with E-state index >= 15 is 4.39 Å². The van der Waals surface area contributed by atoms with Crippen LogP contribution in [0.2, 0.25) is 0 Å². The van der Waals surface area contributed by atoms with Crippen molar-refractivity contribution < 1.29 is 42.4 Å². The number of rotatable bonds is 16. The highest BCUT2D eigenvalue weighted by Gasteiger charge is 2.38. The fourth-order valence-electron chi connectivity index (χ4n) is 6.84. The Morgan fingerprint density at radius 3 is 2.38 bits per heavy atom. The maximum Gasteiger partial charge on any atom is 0.281 e. The molecule has 2 aromatic carbocycles. The summed E-state index contributed by atoms with van der Waals surface area (Å²) in [5, 5.41) is 12.8. The predicted octanol–water partition coefficient (Wildman–Crippen LogP) is 4.42. The SMILES string of the molecule is CC(C)(C)[C@H](c1cc(-c2cc(F)ccc2F)cn1Cc1ccccc1)N(CC[C@H](N)C(=O)NCCCC(=O)c1ccc[n+](C2C(=O)C=CC2=O)c1)C(=O)CO. The number of nitrogens with zero attached hydrogens (tertiary/aromatic N) is 3. The van der Waals surface area contributed by atoms with Gasteiger partial charge in [0.15, 0.2) is 18.2 Å². The maximum absolute atomic E-state index is 15.0. The normalized spacial score (nSPS) is 14.2. The zero-order valence-electron chi connectivity index (χ0n) is 31.1. The van der Waals surface area contributed by atoms with Gasteiger partial charge in [0.2, 0.25) is 23.4 Å². The van der Waals surface area contributed by atoms with Crippen LogP contribution in [-0.4, -0.2) is 69.5 Å². The van der Waals surface area contributed by atoms with Crippen LogP contribution in [0.3, 0.4) is 0 Å². The summed E-state index contributed by atoms with van der Waals surface area (Å²) in [5.74, 6) is -3.25. The van der Waals surface area contributed by atoms with E-state index in [1.54, 1.807) is 30.6 Å². The lowest BCUT2D eigenvalue weighted by Crippen LogP contribution is -2.47. The van der Waals surface area contributed by atoms with Gasteiger partial charge in [-0.1, -0.05) is 51.1 Å². The summed E-state index contributed by atoms with van der Waals surface area (Å²) in [4.78, 5) is 65.1. The molecule has 2 amide bonds. The summed E-state index contributed by atoms with van der Waals surface area (Å²) in [5.41, 5.74) is 7.99. The number of allylic oxidation sites excluding steroid dienone is 2. The lowest BCUT2D eigenvalue weighted by atomic mass is 9.82. The maximum atomic E-state index is 15.0. The van der Waals surface area contributed by atoms with Crippen LogP contribution in [0.15, 0.2) is 97.5 Å². The van der Waals surface area contributed by atoms with Gasteiger partial charge < -0.3 is 25.6 Å². The third-order valence-electron chi connectivity index (χ3n) is 9.52. The number of aromatic nitrogens is 2. The number of carbonyl (C=O) groups excluding carboxylic acids is 5. The second-order valence-electron chi connectivity index (χ2n) is 14.7. The molecule has 0 saturated carbocycles. The van der Waals surface area contributed by atoms with E-state index < -0.39 is 53.6 Å². The summed E-state index contributed by atoms with van der Waals surface area (Å²) in [6.45, 7) is 5.45. The zero-order valence-corrected chi connectivity index (χ0v) is 31.1. The smallest absolute Gasteiger partial charge is 0.281 e. The van der Waals surface area contributed by atoms with Crippen LogP contribution in [0, 0.1) is 17.0 Å². The molecule has 2 heterocycles. The quantitative estimate of drug-likeness (QED) is 0.0662. The molecule has 0 saturated heterocycles. The highest BCUT2D eigenvalue weighted by atomic mass is 19.1. The topological polar surface area (TPSA) is 156 Å². The number of nitrogens with one attached hydrogen (secondary N) is 1. The van der Waals surface area contributed by atoms with Crippen molar-refractivity contribution in [3.8, 4) is 11.1 Å². The first-order valence-electron chi connectivity index (χ1n) is 18.1. The Balaban J connectivity index is 1.27. The standard InChI is InChI=1S/C42H45F2N5O6/c1-42(2,3)40(34-21-29(31-22-30(43)13-14-32(31)44)25-48(34)23-27-9-5-4-6-10-27)49(38(54)26-50)20-17-33(45)41(55)46-18-7-12-35(51)28-11-8-19-47(24-28)39-36(52)15-16-37(39)53/h4-6,8-11,13-16,19,21-22,24-25,33,39-40,50H,7,12,17-18,20,23,26,45H2,1-3H3/p+1/t33-,40-/m0/s1. The molecule has 1 aliphatic carbocycles. The van der Waals surface area contributed by atoms with Gasteiger partial charge in [-0.05, 0) is 66.3 Å². The highest BCUT2D eigenvalue weighted by Crippen LogP contribution is 2.41. The minimum absolute atomic E-state index is 0.00982. The summed E-state index contributed by atoms with van der Waals surface area (Å²) in [6, 6.07) is 14.9. The van der Waals surface area contributed by atoms with Gasteiger partial charge in [0.25, 0.3) is 6.04 Å². The van der Waals surface area contributed by atoms with E-state index in [2.05, 4.69) is 5.32 Å². The number of halogens is 2. The molecule has 4 aromatic rings. The van der Waals surface area contributed by atoms with Crippen molar-refractivity contribution in [1.29, 1.82) is 0 Å². The van der Waals surface area contributed by atoms with Crippen LogP contribution in [0.4, 0.5) is 8.78 Å². The van der Waals surface area contributed by atoms with Crippen molar-refractivity contribution in [2.45, 2.75) is 64.7 Å². The molecule has 2 aromatic heterocycles. The number of pyridine rings is 1. The average molecular weight is 755 g/mol. The molecule has 55 heavy (non-hydrogen) atoms. The van der Waals surface area contributed by atoms with Gasteiger partial charge in [-0.2, -0.15) is 4.57 Å². The van der Waals surface area contributed by atoms with Crippen LogP contribution in [0.5, 0.6) is 0 Å². The predicted molar refractivity (Wildman–Crippen MR) is 200 cm³/mol. The summed E-state index contributed by atoms with van der Waals surface area (Å²) >= 11 is 0. The van der Waals surface area contributed by atoms with Crippen LogP contribution in [-0.2, 0) is 25.7 Å². The van der Waals surface area contributed by atoms with E-state index in [1.165, 1.54) is 27.8 Å². The Morgan fingerprint density at radius 1 is 1.00 bits per heavy atom. The van der Waals surface area contributed by atoms with Crippen molar-refractivity contribution in [3.63, 3.8) is 0 Å². The molecule has 11 nitrogen and oxygen atoms in total. The van der Waals surface area contributed by atoms with Crippen LogP contribution in [0.25, 0.3) is 11.1 Å². The Hall–Kier alpha value is -5.66. The molecular weight excluding hydrogens is 708 g/mol. The number of aliphatic hydroxyl groups is 1. The number of carbonyl (C=O) groups is 5. The number of amides is 2. The van der Waals surface area contributed by atoms with E-state index in [9.17, 15) is 33.5 Å². The first kappa shape index (κ1) is 40.5. The van der Waals surface area contributed by atoms with Gasteiger partial charge in [0.1, 0.15) is 18.2 Å². The molecule has 0 radical (unpaired) electrons. The number of hydrogen-bond donors (Lipinski definition) is 3. The fourth-order valence-corrected chi connectivity index (χ4v) is 6.84. The number of aliphatic hydroxyl groups excluding tert-OH is 1. The highest BCUT2D eigenvalue weighted by molar-refractivity contribution is 6.19. The minimum atomic E-state index is -1.04. The minimum Gasteiger partial charge on any atom is -0.387 e. The van der Waals surface area contributed by atoms with Gasteiger partial charge in [-0.3, -0.25) is 24.0 Å². The average Bonchev–Trinajstić information content (AvgIpc) is 3.72. The van der Waals surface area contributed by atoms with Crippen molar-refractivity contribution in [1.82, 2.24) is 14.8 Å². The number of hydrogen-bond acceptors (Lipinski definition) is 7. The molecule has 0 fully saturated rings. The second-order valence-corrected chi connectivity index (χ2v) is 14.7. The Morgan fingerprint density at radius 2 is 1.71 bits per heavy atom. The van der Waals surface area contributed by atoms with Gasteiger partial charge in [-0.15, -0.1) is 0 Å². The van der Waals surface area contributed by atoms with Crippen molar-refractivity contribution in [2.24, 2.45) is 11.1 Å². The molecule has 5 rings (SSSR count). The van der Waals surface area contributed by atoms with E-state index in [-0.39, 0.29) is 48.8 Å². The Labute approximate surface area is 318 Å². The van der Waals surface area contributed by atoms with Gasteiger partial charge in [0.05, 0.1) is 17.6 Å². The third-order valence-corrected chi connectivity index (χ3v) is 9.52. The molecule has 0 spiro atoms. The lowest BCUT2D eigenvalue weighted by molar-refractivity contribution is -0.694. The third kappa shape index (κ3) is 9.91. The summed E-state index contributed by atoms with van der Waals surface area (Å²) < 4.78 is 32.6. The number of nitrogens with two attached hydrogens (primary N) is 1. The molecule has 0 aliphatic heterocycles. The second kappa shape index (κ2) is 17.7. The summed E-state index contributed by atoms with van der Waals surface area (Å²) in [6.07, 6.45) is 7.58. The van der Waals surface area contributed by atoms with Gasteiger partial charge in [-0.25, -0.2) is 8.78 Å². The monoisotopic (exact) mass is 754 g/mol. The zero-order chi connectivity index (χ0) is 39.9. The summed E-state index contributed by atoms with van der Waals surface area (Å²) in [7, 11) is 0. The first-order valence-corrected chi connectivity index (χ1v) is 18.1. The lowest BCUT2D eigenvalue weighted by Gasteiger charge is -2.41. The Bertz CT molecular complexity index is 2070. The molecular formula is C42H46F2N5O6+. The van der Waals surface area contributed by atoms with Crippen molar-refractivity contribution in [2.75, 3.05) is 19.7 Å². The molecule has 0 bridgehead atoms. The van der Waals surface area contributed by atoms with E-state index in [1.807, 2.05) is 55.7 Å². The van der Waals surface area contributed by atoms with Crippen LogP contribution in [0.1, 0.15) is 73.7 Å². The molecule has 4 N–H and O–H groups in total. The number of benzene rings is 2. The fraction of sp³-hybridized carbons (Fsp3) is 0.333. The number of Topliss-reactive ketones (excluding diaryl/α,β-unsaturated/α-hetero) is 1. The van der Waals surface area contributed by atoms with Gasteiger partial charge in [0, 0.05) is 55.1 Å². The largest absolute Gasteiger partial charge is 0.387 e. The van der Waals surface area contributed by atoms with Crippen LogP contribution < -0.4 is 15.6 Å². The van der Waals surface area contributed by atoms with E-state index in [4.69, 9.17) is 5.73 Å². The number of ketones is 3. The van der Waals surface area contributed by atoms with E-state index in [0.717, 1.165) is 23.8 Å². The van der Waals surface area contributed by atoms with Crippen LogP contribution >= 0.6 is 0 Å². The van der Waals surface area contributed by atoms with Crippen molar-refractivity contribution in [3.05, 3.63) is 126 Å². The van der Waals surface area contributed by atoms with Gasteiger partial charge >= 0.3 is 0 Å². The molecule has 1 aliphatic rings. The molecule has 0 unspecified atom stereocenters. The first-order chi connectivity index (χ1) is 26.2. The molecule has 2 atom stereocenters. The van der Waals surface area contributed by atoms with E-state index in [0.29, 0.717) is 29.8 Å². The Kier molecular flexibility index (Phi) is 13.0. The molecule has 288 valence electrons.